The Morgan fingerprint density at radius 1 is 1.75 bits per heavy atom. The van der Waals surface area contributed by atoms with Gasteiger partial charge in [0.05, 0.1) is 18.9 Å². The van der Waals surface area contributed by atoms with Crippen LogP contribution in [0.25, 0.3) is 0 Å². The lowest BCUT2D eigenvalue weighted by Crippen LogP contribution is -2.26. The molecule has 0 amide bonds. The quantitative estimate of drug-likeness (QED) is 0.344. The predicted molar refractivity (Wildman–Crippen MR) is 36.9 cm³/mol. The maximum atomic E-state index is 10.6. The Kier molecular flexibility index (Phi) is 2.59. The standard InChI is InChI=1S/C6H9NO5/c8-3-5-4(2-7(10)11)1-6(9)12-5/h4-5,8H,1-3H2/t4-,5-/m1/s1. The van der Waals surface area contributed by atoms with Gasteiger partial charge in [-0.3, -0.25) is 14.9 Å². The molecule has 0 aromatic heterocycles. The third kappa shape index (κ3) is 1.91. The number of nitrogens with zero attached hydrogens (tertiary/aromatic N) is 1. The van der Waals surface area contributed by atoms with Gasteiger partial charge in [0.25, 0.3) is 0 Å². The van der Waals surface area contributed by atoms with Gasteiger partial charge in [0, 0.05) is 4.92 Å². The second-order valence-electron chi connectivity index (χ2n) is 2.69. The molecule has 0 aromatic carbocycles. The molecule has 2 atom stereocenters. The van der Waals surface area contributed by atoms with Crippen molar-refractivity contribution in [2.75, 3.05) is 13.2 Å². The van der Waals surface area contributed by atoms with Crippen LogP contribution in [-0.2, 0) is 9.53 Å². The lowest BCUT2D eigenvalue weighted by atomic mass is 10.0. The summed E-state index contributed by atoms with van der Waals surface area (Å²) < 4.78 is 4.63. The van der Waals surface area contributed by atoms with E-state index in [9.17, 15) is 14.9 Å². The number of carbonyl (C=O) groups excluding carboxylic acids is 1. The maximum Gasteiger partial charge on any atom is 0.306 e. The van der Waals surface area contributed by atoms with Crippen molar-refractivity contribution in [3.8, 4) is 0 Å². The molecule has 6 heteroatoms. The minimum absolute atomic E-state index is 0.0339. The van der Waals surface area contributed by atoms with E-state index in [4.69, 9.17) is 5.11 Å². The molecule has 6 nitrogen and oxygen atoms in total. The number of aliphatic hydroxyl groups is 1. The van der Waals surface area contributed by atoms with E-state index in [0.29, 0.717) is 0 Å². The Hall–Kier alpha value is -1.17. The molecule has 1 saturated heterocycles. The fraction of sp³-hybridized carbons (Fsp3) is 0.833. The first-order chi connectivity index (χ1) is 5.63. The summed E-state index contributed by atoms with van der Waals surface area (Å²) in [6.45, 7) is -0.665. The van der Waals surface area contributed by atoms with Gasteiger partial charge in [-0.15, -0.1) is 0 Å². The number of hydrogen-bond donors (Lipinski definition) is 1. The van der Waals surface area contributed by atoms with Crippen LogP contribution in [0.3, 0.4) is 0 Å². The molecule has 0 spiro atoms. The molecule has 0 unspecified atom stereocenters. The molecule has 1 rings (SSSR count). The van der Waals surface area contributed by atoms with E-state index in [2.05, 4.69) is 4.74 Å². The van der Waals surface area contributed by atoms with Crippen LogP contribution in [0.5, 0.6) is 0 Å². The van der Waals surface area contributed by atoms with Crippen LogP contribution in [0, 0.1) is 16.0 Å². The highest BCUT2D eigenvalue weighted by atomic mass is 16.6. The van der Waals surface area contributed by atoms with E-state index < -0.39 is 22.9 Å². The Morgan fingerprint density at radius 2 is 2.42 bits per heavy atom. The van der Waals surface area contributed by atoms with Crippen molar-refractivity contribution >= 4 is 5.97 Å². The molecule has 0 saturated carbocycles. The van der Waals surface area contributed by atoms with Gasteiger partial charge in [-0.2, -0.15) is 0 Å². The molecular weight excluding hydrogens is 166 g/mol. The Morgan fingerprint density at radius 3 is 2.92 bits per heavy atom. The topological polar surface area (TPSA) is 89.7 Å². The molecule has 1 aliphatic heterocycles. The van der Waals surface area contributed by atoms with Crippen LogP contribution in [0.4, 0.5) is 0 Å². The zero-order chi connectivity index (χ0) is 9.14. The van der Waals surface area contributed by atoms with Crippen molar-refractivity contribution in [2.45, 2.75) is 12.5 Å². The van der Waals surface area contributed by atoms with Crippen molar-refractivity contribution in [1.29, 1.82) is 0 Å². The highest BCUT2D eigenvalue weighted by Gasteiger charge is 2.37. The zero-order valence-electron chi connectivity index (χ0n) is 6.30. The van der Waals surface area contributed by atoms with Crippen molar-refractivity contribution in [2.24, 2.45) is 5.92 Å². The molecule has 0 aromatic rings. The molecule has 1 N–H and O–H groups in total. The van der Waals surface area contributed by atoms with Gasteiger partial charge in [-0.1, -0.05) is 0 Å². The third-order valence-corrected chi connectivity index (χ3v) is 1.80. The number of aliphatic hydroxyl groups excluding tert-OH is 1. The summed E-state index contributed by atoms with van der Waals surface area (Å²) in [4.78, 5) is 20.2. The number of rotatable bonds is 3. The van der Waals surface area contributed by atoms with Gasteiger partial charge in [-0.05, 0) is 0 Å². The van der Waals surface area contributed by atoms with Gasteiger partial charge in [0.2, 0.25) is 6.54 Å². The largest absolute Gasteiger partial charge is 0.459 e. The lowest BCUT2D eigenvalue weighted by molar-refractivity contribution is -0.489. The second kappa shape index (κ2) is 3.48. The van der Waals surface area contributed by atoms with Crippen molar-refractivity contribution < 1.29 is 19.6 Å². The summed E-state index contributed by atoms with van der Waals surface area (Å²) in [5, 5.41) is 18.7. The minimum atomic E-state index is -0.692. The van der Waals surface area contributed by atoms with Gasteiger partial charge in [0.15, 0.2) is 0 Å². The molecule has 1 aliphatic rings. The molecule has 68 valence electrons. The van der Waals surface area contributed by atoms with Gasteiger partial charge < -0.3 is 9.84 Å². The average molecular weight is 175 g/mol. The monoisotopic (exact) mass is 175 g/mol. The number of carbonyl (C=O) groups is 1. The van der Waals surface area contributed by atoms with Crippen molar-refractivity contribution in [3.63, 3.8) is 0 Å². The average Bonchev–Trinajstić information content (AvgIpc) is 2.29. The first kappa shape index (κ1) is 8.92. The molecule has 0 radical (unpaired) electrons. The van der Waals surface area contributed by atoms with Crippen LogP contribution in [0.15, 0.2) is 0 Å². The summed E-state index contributed by atoms with van der Waals surface area (Å²) in [5.41, 5.74) is 0. The van der Waals surface area contributed by atoms with Gasteiger partial charge in [0.1, 0.15) is 6.10 Å². The molecule has 1 fully saturated rings. The number of hydrogen-bond acceptors (Lipinski definition) is 5. The Bertz CT molecular complexity index is 204. The van der Waals surface area contributed by atoms with E-state index in [1.165, 1.54) is 0 Å². The summed E-state index contributed by atoms with van der Waals surface area (Å²) in [5.74, 6) is -0.946. The predicted octanol–water partition coefficient (Wildman–Crippen LogP) is -0.813. The van der Waals surface area contributed by atoms with E-state index in [0.717, 1.165) is 0 Å². The van der Waals surface area contributed by atoms with Crippen LogP contribution >= 0.6 is 0 Å². The Labute approximate surface area is 68.3 Å². The summed E-state index contributed by atoms with van der Waals surface area (Å²) in [7, 11) is 0. The van der Waals surface area contributed by atoms with Crippen LogP contribution in [-0.4, -0.2) is 35.3 Å². The van der Waals surface area contributed by atoms with Crippen LogP contribution in [0.2, 0.25) is 0 Å². The summed E-state index contributed by atoms with van der Waals surface area (Å²) in [6.07, 6.45) is -0.658. The minimum Gasteiger partial charge on any atom is -0.459 e. The molecule has 12 heavy (non-hydrogen) atoms. The smallest absolute Gasteiger partial charge is 0.306 e. The number of ether oxygens (including phenoxy) is 1. The van der Waals surface area contributed by atoms with Crippen LogP contribution < -0.4 is 0 Å². The highest BCUT2D eigenvalue weighted by Crippen LogP contribution is 2.21. The first-order valence-electron chi connectivity index (χ1n) is 3.55. The number of esters is 1. The normalized spacial score (nSPS) is 28.6. The summed E-state index contributed by atoms with van der Waals surface area (Å²) >= 11 is 0. The highest BCUT2D eigenvalue weighted by molar-refractivity contribution is 5.72. The van der Waals surface area contributed by atoms with E-state index in [1.54, 1.807) is 0 Å². The Balaban J connectivity index is 2.51. The molecule has 0 bridgehead atoms. The molecule has 0 aliphatic carbocycles. The van der Waals surface area contributed by atoms with Crippen molar-refractivity contribution in [3.05, 3.63) is 10.1 Å². The van der Waals surface area contributed by atoms with Gasteiger partial charge in [-0.25, -0.2) is 0 Å². The fourth-order valence-corrected chi connectivity index (χ4v) is 1.22. The molecule has 1 heterocycles. The van der Waals surface area contributed by atoms with E-state index >= 15 is 0 Å². The lowest BCUT2D eigenvalue weighted by Gasteiger charge is -2.09. The summed E-state index contributed by atoms with van der Waals surface area (Å²) in [6, 6.07) is 0. The fourth-order valence-electron chi connectivity index (χ4n) is 1.22. The van der Waals surface area contributed by atoms with Crippen molar-refractivity contribution in [1.82, 2.24) is 0 Å². The third-order valence-electron chi connectivity index (χ3n) is 1.80. The van der Waals surface area contributed by atoms with E-state index in [1.807, 2.05) is 0 Å². The maximum absolute atomic E-state index is 10.6. The molecular formula is C6H9NO5. The number of nitro groups is 1. The second-order valence-corrected chi connectivity index (χ2v) is 2.69. The number of cyclic esters (lactones) is 1. The first-order valence-corrected chi connectivity index (χ1v) is 3.55. The van der Waals surface area contributed by atoms with E-state index in [-0.39, 0.29) is 19.6 Å². The van der Waals surface area contributed by atoms with Gasteiger partial charge >= 0.3 is 5.97 Å². The van der Waals surface area contributed by atoms with Crippen LogP contribution in [0.1, 0.15) is 6.42 Å². The SMILES string of the molecule is O=C1C[C@H](C[N+](=O)[O-])[C@@H](CO)O1. The zero-order valence-corrected chi connectivity index (χ0v) is 6.30.